The first-order valence-electron chi connectivity index (χ1n) is 12.8. The third-order valence-electron chi connectivity index (χ3n) is 6.69. The number of piperazine rings is 1. The number of nitrogens with zero attached hydrogens (tertiary/aromatic N) is 7. The van der Waals surface area contributed by atoms with E-state index >= 15 is 0 Å². The van der Waals surface area contributed by atoms with Crippen molar-refractivity contribution in [1.29, 1.82) is 5.26 Å². The minimum Gasteiger partial charge on any atom is -0.504 e. The van der Waals surface area contributed by atoms with Gasteiger partial charge < -0.3 is 20.1 Å². The van der Waals surface area contributed by atoms with E-state index < -0.39 is 38.6 Å². The molecule has 1 fully saturated rings. The number of halogens is 1. The van der Waals surface area contributed by atoms with Crippen LogP contribution < -0.4 is 25.2 Å². The van der Waals surface area contributed by atoms with Gasteiger partial charge in [0.2, 0.25) is 5.95 Å². The zero-order chi connectivity index (χ0) is 30.0. The average molecular weight is 596 g/mol. The van der Waals surface area contributed by atoms with Gasteiger partial charge in [0.15, 0.2) is 23.1 Å². The van der Waals surface area contributed by atoms with Crippen LogP contribution in [0.5, 0.6) is 17.2 Å². The van der Waals surface area contributed by atoms with E-state index in [-0.39, 0.29) is 28.9 Å². The number of nitriles is 1. The van der Waals surface area contributed by atoms with Crippen molar-refractivity contribution in [3.8, 4) is 29.0 Å². The molecule has 0 bridgehead atoms. The molecule has 0 unspecified atom stereocenters. The Kier molecular flexibility index (Phi) is 7.89. The first-order chi connectivity index (χ1) is 20.1. The Balaban J connectivity index is 1.52. The Hall–Kier alpha value is -4.85. The molecule has 1 aliphatic heterocycles. The number of hydrogen-bond acceptors (Lipinski definition) is 11. The molecule has 0 atom stereocenters. The Labute approximate surface area is 239 Å². The van der Waals surface area contributed by atoms with Crippen LogP contribution in [0.2, 0.25) is 0 Å². The summed E-state index contributed by atoms with van der Waals surface area (Å²) in [5, 5.41) is 23.8. The summed E-state index contributed by atoms with van der Waals surface area (Å²) >= 11 is 0. The quantitative estimate of drug-likeness (QED) is 0.270. The topological polar surface area (TPSA) is 179 Å². The van der Waals surface area contributed by atoms with Crippen molar-refractivity contribution in [2.24, 2.45) is 0 Å². The van der Waals surface area contributed by atoms with E-state index in [0.29, 0.717) is 11.6 Å². The van der Waals surface area contributed by atoms with E-state index in [0.717, 1.165) is 47.2 Å². The molecule has 218 valence electrons. The summed E-state index contributed by atoms with van der Waals surface area (Å²) in [6.07, 6.45) is 4.20. The van der Waals surface area contributed by atoms with E-state index in [1.54, 1.807) is 13.0 Å². The van der Waals surface area contributed by atoms with Gasteiger partial charge in [-0.15, -0.1) is 0 Å². The molecule has 3 N–H and O–H groups in total. The Morgan fingerprint density at radius 2 is 1.90 bits per heavy atom. The number of ether oxygens (including phenoxy) is 1. The monoisotopic (exact) mass is 595 g/mol. The van der Waals surface area contributed by atoms with Gasteiger partial charge in [-0.2, -0.15) is 18.0 Å². The number of aromatic nitrogens is 4. The molecular weight excluding hydrogens is 569 g/mol. The molecule has 1 aliphatic rings. The lowest BCUT2D eigenvalue weighted by atomic mass is 10.1. The van der Waals surface area contributed by atoms with Crippen molar-refractivity contribution in [2.75, 3.05) is 49.4 Å². The number of phenolic OH excluding ortho intramolecular Hbond substituents is 1. The van der Waals surface area contributed by atoms with Crippen LogP contribution in [0.1, 0.15) is 12.5 Å². The van der Waals surface area contributed by atoms with Crippen molar-refractivity contribution >= 4 is 32.7 Å². The number of anilines is 2. The van der Waals surface area contributed by atoms with Crippen molar-refractivity contribution in [3.05, 3.63) is 64.7 Å². The minimum atomic E-state index is -4.04. The molecule has 16 heteroatoms. The fraction of sp³-hybridized carbons (Fsp3) is 0.269. The molecule has 0 saturated carbocycles. The molecule has 1 saturated heterocycles. The zero-order valence-electron chi connectivity index (χ0n) is 22.6. The van der Waals surface area contributed by atoms with Crippen molar-refractivity contribution < 1.29 is 22.7 Å². The van der Waals surface area contributed by atoms with Crippen LogP contribution >= 0.6 is 0 Å². The maximum absolute atomic E-state index is 14.9. The first kappa shape index (κ1) is 28.7. The third kappa shape index (κ3) is 5.40. The van der Waals surface area contributed by atoms with Crippen LogP contribution in [0.3, 0.4) is 0 Å². The molecule has 42 heavy (non-hydrogen) atoms. The molecular formula is C26H26FN9O5S. The number of aromatic hydroxyl groups is 1. The van der Waals surface area contributed by atoms with Crippen LogP contribution in [0.15, 0.2) is 47.8 Å². The van der Waals surface area contributed by atoms with E-state index in [9.17, 15) is 28.0 Å². The molecule has 0 aliphatic carbocycles. The molecule has 4 aromatic rings. The summed E-state index contributed by atoms with van der Waals surface area (Å²) in [7, 11) is -2.72. The Bertz CT molecular complexity index is 1850. The molecule has 0 radical (unpaired) electrons. The molecule has 2 aromatic heterocycles. The summed E-state index contributed by atoms with van der Waals surface area (Å²) in [5.74, 6) is -2.14. The Morgan fingerprint density at radius 3 is 2.57 bits per heavy atom. The van der Waals surface area contributed by atoms with Crippen LogP contribution in [-0.2, 0) is 10.2 Å². The van der Waals surface area contributed by atoms with Gasteiger partial charge in [-0.05, 0) is 24.3 Å². The number of nitrogens with one attached hydrogen (secondary N) is 2. The molecule has 0 spiro atoms. The number of fused-ring (bicyclic) bond motifs is 1. The van der Waals surface area contributed by atoms with Crippen molar-refractivity contribution in [3.63, 3.8) is 0 Å². The minimum absolute atomic E-state index is 0.129. The van der Waals surface area contributed by atoms with Gasteiger partial charge >= 0.3 is 10.2 Å². The van der Waals surface area contributed by atoms with Gasteiger partial charge in [-0.1, -0.05) is 6.92 Å². The largest absolute Gasteiger partial charge is 0.504 e. The SMILES string of the molecule is CCN(C)S(=O)(=O)Nc1ccc(F)c(Oc2ccc3ncn(-c4cnc(N5CCNCC5)nc4)c(=O)c3c2O)c1C#N. The van der Waals surface area contributed by atoms with Crippen molar-refractivity contribution in [2.45, 2.75) is 6.92 Å². The molecule has 3 heterocycles. The summed E-state index contributed by atoms with van der Waals surface area (Å²) < 4.78 is 49.9. The predicted molar refractivity (Wildman–Crippen MR) is 152 cm³/mol. The fourth-order valence-electron chi connectivity index (χ4n) is 4.26. The van der Waals surface area contributed by atoms with Crippen molar-refractivity contribution in [1.82, 2.24) is 29.1 Å². The highest BCUT2D eigenvalue weighted by molar-refractivity contribution is 7.90. The lowest BCUT2D eigenvalue weighted by Gasteiger charge is -2.27. The third-order valence-corrected chi connectivity index (χ3v) is 8.25. The van der Waals surface area contributed by atoms with Gasteiger partial charge in [-0.25, -0.2) is 19.3 Å². The van der Waals surface area contributed by atoms with Crippen LogP contribution in [0.4, 0.5) is 16.0 Å². The first-order valence-corrected chi connectivity index (χ1v) is 14.2. The summed E-state index contributed by atoms with van der Waals surface area (Å²) in [5.41, 5.74) is -0.944. The molecule has 14 nitrogen and oxygen atoms in total. The maximum Gasteiger partial charge on any atom is 0.301 e. The highest BCUT2D eigenvalue weighted by Gasteiger charge is 2.24. The second-order valence-electron chi connectivity index (χ2n) is 9.24. The zero-order valence-corrected chi connectivity index (χ0v) is 23.4. The van der Waals surface area contributed by atoms with E-state index in [4.69, 9.17) is 4.74 Å². The van der Waals surface area contributed by atoms with Gasteiger partial charge in [-0.3, -0.25) is 14.1 Å². The number of hydrogen-bond donors (Lipinski definition) is 3. The summed E-state index contributed by atoms with van der Waals surface area (Å²) in [4.78, 5) is 28.4. The molecule has 2 aromatic carbocycles. The smallest absolute Gasteiger partial charge is 0.301 e. The number of phenols is 1. The Morgan fingerprint density at radius 1 is 1.19 bits per heavy atom. The van der Waals surface area contributed by atoms with Gasteiger partial charge in [0.1, 0.15) is 23.3 Å². The fourth-order valence-corrected chi connectivity index (χ4v) is 5.20. The summed E-state index contributed by atoms with van der Waals surface area (Å²) in [6, 6.07) is 6.37. The second kappa shape index (κ2) is 11.6. The van der Waals surface area contributed by atoms with Gasteiger partial charge in [0.05, 0.1) is 29.3 Å². The van der Waals surface area contributed by atoms with Gasteiger partial charge in [0, 0.05) is 39.8 Å². The number of benzene rings is 2. The highest BCUT2D eigenvalue weighted by atomic mass is 32.2. The van der Waals surface area contributed by atoms with E-state index in [2.05, 4.69) is 25.0 Å². The number of rotatable bonds is 8. The van der Waals surface area contributed by atoms with Crippen LogP contribution in [0, 0.1) is 17.1 Å². The predicted octanol–water partition coefficient (Wildman–Crippen LogP) is 1.70. The average Bonchev–Trinajstić information content (AvgIpc) is 3.00. The molecule has 0 amide bonds. The summed E-state index contributed by atoms with van der Waals surface area (Å²) in [6.45, 7) is 4.85. The van der Waals surface area contributed by atoms with Crippen LogP contribution in [0.25, 0.3) is 16.6 Å². The lowest BCUT2D eigenvalue weighted by Crippen LogP contribution is -2.44. The highest BCUT2D eigenvalue weighted by Crippen LogP contribution is 2.39. The van der Waals surface area contributed by atoms with Crippen LogP contribution in [-0.4, -0.2) is 77.1 Å². The van der Waals surface area contributed by atoms with Gasteiger partial charge in [0.25, 0.3) is 5.56 Å². The normalized spacial score (nSPS) is 13.7. The van der Waals surface area contributed by atoms with E-state index in [1.165, 1.54) is 37.9 Å². The molecule has 5 rings (SSSR count). The standard InChI is InChI=1S/C26H26FN9O5S/c1-3-34(2)42(39,40)33-19-5-4-18(27)24(17(19)12-28)41-21-7-6-20-22(23(21)37)25(38)36(15-32-20)16-13-30-26(31-14-16)35-10-8-29-9-11-35/h4-7,13-15,29,33,37H,3,8-11H2,1-2H3. The maximum atomic E-state index is 14.9. The lowest BCUT2D eigenvalue weighted by molar-refractivity contribution is 0.398. The second-order valence-corrected chi connectivity index (χ2v) is 11.0. The van der Waals surface area contributed by atoms with E-state index in [1.807, 2.05) is 4.90 Å².